The van der Waals surface area contributed by atoms with E-state index in [1.54, 1.807) is 19.1 Å². The second-order valence-corrected chi connectivity index (χ2v) is 10.1. The van der Waals surface area contributed by atoms with E-state index in [0.717, 1.165) is 51.2 Å². The van der Waals surface area contributed by atoms with Crippen molar-refractivity contribution in [2.75, 3.05) is 19.8 Å². The van der Waals surface area contributed by atoms with Crippen LogP contribution in [-0.4, -0.2) is 32.0 Å². The Morgan fingerprint density at radius 1 is 0.812 bits per heavy atom. The van der Waals surface area contributed by atoms with E-state index in [9.17, 15) is 8.78 Å². The minimum Gasteiger partial charge on any atom is -0.491 e. The lowest BCUT2D eigenvalue weighted by Crippen LogP contribution is -2.40. The van der Waals surface area contributed by atoms with Crippen LogP contribution < -0.4 is 4.74 Å². The van der Waals surface area contributed by atoms with Crippen molar-refractivity contribution in [2.24, 2.45) is 17.8 Å². The van der Waals surface area contributed by atoms with Crippen molar-refractivity contribution in [1.82, 2.24) is 0 Å². The summed E-state index contributed by atoms with van der Waals surface area (Å²) in [7, 11) is 0. The third-order valence-electron chi connectivity index (χ3n) is 8.09. The molecule has 3 nitrogen and oxygen atoms in total. The molecule has 0 aromatic heterocycles. The summed E-state index contributed by atoms with van der Waals surface area (Å²) in [5.41, 5.74) is 0.504. The number of hydrogen-bond acceptors (Lipinski definition) is 3. The Balaban J connectivity index is 1.23. The maximum Gasteiger partial charge on any atom is 0.200 e. The summed E-state index contributed by atoms with van der Waals surface area (Å²) < 4.78 is 46.7. The topological polar surface area (TPSA) is 27.7 Å². The van der Waals surface area contributed by atoms with Gasteiger partial charge in [-0.05, 0) is 94.1 Å². The summed E-state index contributed by atoms with van der Waals surface area (Å²) in [5.74, 6) is 0.325. The van der Waals surface area contributed by atoms with E-state index in [-0.39, 0.29) is 11.7 Å². The van der Waals surface area contributed by atoms with Crippen LogP contribution in [0.5, 0.6) is 5.75 Å². The lowest BCUT2D eigenvalue weighted by Gasteiger charge is -2.41. The van der Waals surface area contributed by atoms with Crippen molar-refractivity contribution >= 4 is 0 Å². The Hall–Kier alpha value is -1.20. The molecule has 0 spiro atoms. The van der Waals surface area contributed by atoms with Crippen molar-refractivity contribution in [3.63, 3.8) is 0 Å². The Labute approximate surface area is 192 Å². The van der Waals surface area contributed by atoms with Gasteiger partial charge in [0.1, 0.15) is 0 Å². The number of hydrogen-bond donors (Lipinski definition) is 0. The molecule has 2 aliphatic heterocycles. The Morgan fingerprint density at radius 3 is 2.12 bits per heavy atom. The molecule has 0 bridgehead atoms. The lowest BCUT2D eigenvalue weighted by atomic mass is 9.74. The van der Waals surface area contributed by atoms with Crippen LogP contribution in [0.2, 0.25) is 0 Å². The van der Waals surface area contributed by atoms with E-state index in [1.165, 1.54) is 32.1 Å². The normalized spacial score (nSPS) is 33.8. The fraction of sp³-hybridized carbons (Fsp3) is 0.778. The van der Waals surface area contributed by atoms with Crippen LogP contribution in [0.15, 0.2) is 12.1 Å². The minimum atomic E-state index is -0.848. The maximum absolute atomic E-state index is 14.6. The number of benzene rings is 1. The first kappa shape index (κ1) is 23.9. The number of ether oxygens (including phenoxy) is 3. The van der Waals surface area contributed by atoms with Crippen molar-refractivity contribution in [1.29, 1.82) is 0 Å². The van der Waals surface area contributed by atoms with Gasteiger partial charge in [-0.15, -0.1) is 0 Å². The summed E-state index contributed by atoms with van der Waals surface area (Å²) in [6.07, 6.45) is 11.8. The Bertz CT molecular complexity index is 716. The van der Waals surface area contributed by atoms with Gasteiger partial charge in [0.05, 0.1) is 25.4 Å². The summed E-state index contributed by atoms with van der Waals surface area (Å²) in [5, 5.41) is 0. The monoisotopic (exact) mass is 450 g/mol. The van der Waals surface area contributed by atoms with Gasteiger partial charge in [-0.2, -0.15) is 4.39 Å². The van der Waals surface area contributed by atoms with Crippen molar-refractivity contribution in [3.05, 3.63) is 29.3 Å². The number of rotatable bonds is 7. The molecule has 0 radical (unpaired) electrons. The summed E-state index contributed by atoms with van der Waals surface area (Å²) in [4.78, 5) is 0. The zero-order valence-electron chi connectivity index (χ0n) is 19.8. The predicted octanol–water partition coefficient (Wildman–Crippen LogP) is 7.03. The van der Waals surface area contributed by atoms with E-state index >= 15 is 0 Å². The van der Waals surface area contributed by atoms with Gasteiger partial charge in [-0.1, -0.05) is 19.4 Å². The first-order valence-corrected chi connectivity index (χ1v) is 12.9. The van der Waals surface area contributed by atoms with Gasteiger partial charge >= 0.3 is 0 Å². The first-order valence-electron chi connectivity index (χ1n) is 12.9. The van der Waals surface area contributed by atoms with Gasteiger partial charge in [-0.3, -0.25) is 0 Å². The summed E-state index contributed by atoms with van der Waals surface area (Å²) in [6.45, 7) is 6.08. The highest BCUT2D eigenvalue weighted by atomic mass is 19.2. The molecule has 180 valence electrons. The smallest absolute Gasteiger partial charge is 0.200 e. The van der Waals surface area contributed by atoms with E-state index < -0.39 is 11.6 Å². The lowest BCUT2D eigenvalue weighted by molar-refractivity contribution is -0.117. The molecule has 0 N–H and O–H groups in total. The quantitative estimate of drug-likeness (QED) is 0.446. The maximum atomic E-state index is 14.6. The van der Waals surface area contributed by atoms with Gasteiger partial charge in [0.15, 0.2) is 11.6 Å². The fourth-order valence-corrected chi connectivity index (χ4v) is 6.22. The van der Waals surface area contributed by atoms with Crippen LogP contribution in [0.1, 0.15) is 89.5 Å². The third kappa shape index (κ3) is 5.47. The van der Waals surface area contributed by atoms with Gasteiger partial charge in [-0.25, -0.2) is 4.39 Å². The minimum absolute atomic E-state index is 0.00965. The van der Waals surface area contributed by atoms with E-state index in [1.807, 2.05) is 0 Å². The van der Waals surface area contributed by atoms with E-state index in [0.29, 0.717) is 36.2 Å². The molecule has 1 aliphatic carbocycles. The fourth-order valence-electron chi connectivity index (χ4n) is 6.22. The second-order valence-electron chi connectivity index (χ2n) is 10.1. The molecule has 3 fully saturated rings. The van der Waals surface area contributed by atoms with Gasteiger partial charge in [0.25, 0.3) is 0 Å². The molecule has 4 unspecified atom stereocenters. The third-order valence-corrected chi connectivity index (χ3v) is 8.09. The molecular formula is C27H40F2O3. The molecule has 0 amide bonds. The number of halogens is 2. The molecule has 2 saturated heterocycles. The van der Waals surface area contributed by atoms with E-state index in [4.69, 9.17) is 14.2 Å². The standard InChI is InChI=1S/C27H40F2O3/c1-3-5-18-6-13-24(31-16-18)21-11-14-23(32-17-21)20-9-7-19(8-10-20)22-12-15-25(30-4-2)27(29)26(22)28/h12,15,18-21,23-24H,3-11,13-14,16-17H2,1-2H3. The Kier molecular flexibility index (Phi) is 8.44. The average Bonchev–Trinajstić information content (AvgIpc) is 2.83. The zero-order valence-corrected chi connectivity index (χ0v) is 19.8. The second kappa shape index (κ2) is 11.3. The molecule has 1 aromatic rings. The molecule has 1 saturated carbocycles. The molecular weight excluding hydrogens is 410 g/mol. The van der Waals surface area contributed by atoms with Crippen LogP contribution in [-0.2, 0) is 9.47 Å². The largest absolute Gasteiger partial charge is 0.491 e. The molecule has 2 heterocycles. The molecule has 4 rings (SSSR count). The molecule has 1 aromatic carbocycles. The van der Waals surface area contributed by atoms with Gasteiger partial charge < -0.3 is 14.2 Å². The van der Waals surface area contributed by atoms with E-state index in [2.05, 4.69) is 6.92 Å². The molecule has 3 aliphatic rings. The van der Waals surface area contributed by atoms with Crippen molar-refractivity contribution in [3.8, 4) is 5.75 Å². The van der Waals surface area contributed by atoms with Crippen molar-refractivity contribution in [2.45, 2.75) is 96.2 Å². The highest BCUT2D eigenvalue weighted by molar-refractivity contribution is 5.33. The van der Waals surface area contributed by atoms with Crippen LogP contribution in [0.25, 0.3) is 0 Å². The molecule has 5 heteroatoms. The summed E-state index contributed by atoms with van der Waals surface area (Å²) >= 11 is 0. The predicted molar refractivity (Wildman–Crippen MR) is 122 cm³/mol. The van der Waals surface area contributed by atoms with Crippen LogP contribution in [0.4, 0.5) is 8.78 Å². The van der Waals surface area contributed by atoms with Crippen LogP contribution in [0, 0.1) is 29.4 Å². The van der Waals surface area contributed by atoms with Crippen molar-refractivity contribution < 1.29 is 23.0 Å². The van der Waals surface area contributed by atoms with Gasteiger partial charge in [0.2, 0.25) is 5.82 Å². The van der Waals surface area contributed by atoms with Crippen LogP contribution in [0.3, 0.4) is 0 Å². The Morgan fingerprint density at radius 2 is 1.50 bits per heavy atom. The molecule has 4 atom stereocenters. The average molecular weight is 451 g/mol. The first-order chi connectivity index (χ1) is 15.6. The highest BCUT2D eigenvalue weighted by Gasteiger charge is 2.36. The van der Waals surface area contributed by atoms with Crippen LogP contribution >= 0.6 is 0 Å². The highest BCUT2D eigenvalue weighted by Crippen LogP contribution is 2.42. The zero-order chi connectivity index (χ0) is 22.5. The SMILES string of the molecule is CCCC1CCC(C2CCC(C3CCC(c4ccc(OCC)c(F)c4F)CC3)OC2)OC1. The van der Waals surface area contributed by atoms with Gasteiger partial charge in [0, 0.05) is 12.5 Å². The summed E-state index contributed by atoms with van der Waals surface area (Å²) in [6, 6.07) is 3.29. The molecule has 32 heavy (non-hydrogen) atoms.